The molecule has 0 spiro atoms. The highest BCUT2D eigenvalue weighted by Crippen LogP contribution is 2.27. The first-order valence-corrected chi connectivity index (χ1v) is 14.4. The maximum absolute atomic E-state index is 12.7. The van der Waals surface area contributed by atoms with E-state index in [1.54, 1.807) is 23.7 Å². The third-order valence-corrected chi connectivity index (χ3v) is 7.53. The van der Waals surface area contributed by atoms with Crippen molar-refractivity contribution in [3.05, 3.63) is 64.8 Å². The van der Waals surface area contributed by atoms with E-state index in [0.717, 1.165) is 74.7 Å². The molecule has 1 aliphatic rings. The summed E-state index contributed by atoms with van der Waals surface area (Å²) in [5.74, 6) is 0.311. The van der Waals surface area contributed by atoms with Gasteiger partial charge in [-0.3, -0.25) is 19.5 Å². The molecule has 0 unspecified atom stereocenters. The predicted molar refractivity (Wildman–Crippen MR) is 153 cm³/mol. The van der Waals surface area contributed by atoms with Gasteiger partial charge < -0.3 is 10.1 Å². The van der Waals surface area contributed by atoms with Gasteiger partial charge >= 0.3 is 0 Å². The highest BCUT2D eigenvalue weighted by atomic mass is 35.5. The minimum absolute atomic E-state index is 0.00364. The van der Waals surface area contributed by atoms with Gasteiger partial charge in [-0.2, -0.15) is 5.26 Å². The van der Waals surface area contributed by atoms with Gasteiger partial charge in [-0.1, -0.05) is 53.9 Å². The Hall–Kier alpha value is -3.94. The number of ether oxygens (including phenoxy) is 1. The zero-order valence-electron chi connectivity index (χ0n) is 22.9. The summed E-state index contributed by atoms with van der Waals surface area (Å²) < 4.78 is 7.86. The smallest absolute Gasteiger partial charge is 0.243 e. The molecule has 2 aromatic carbocycles. The van der Waals surface area contributed by atoms with Crippen LogP contribution in [-0.2, 0) is 22.6 Å². The number of aryl methyl sites for hydroxylation is 1. The molecule has 0 saturated heterocycles. The number of carbonyl (C=O) groups excluding carboxylic acids is 2. The van der Waals surface area contributed by atoms with E-state index in [4.69, 9.17) is 26.8 Å². The SMILES string of the molecule is N#Cc1ccc(OC2CCC(NC(=O)Cc3ccc(-c4cn(CCCCCCC(=O)NO)nn4)cc3)CC2)cc1Cl. The zero-order valence-corrected chi connectivity index (χ0v) is 23.6. The fourth-order valence-corrected chi connectivity index (χ4v) is 5.16. The molecule has 10 nitrogen and oxygen atoms in total. The number of nitrogens with zero attached hydrogens (tertiary/aromatic N) is 4. The molecule has 3 N–H and O–H groups in total. The molecule has 1 heterocycles. The average molecular weight is 579 g/mol. The van der Waals surface area contributed by atoms with Crippen molar-refractivity contribution in [2.24, 2.45) is 0 Å². The van der Waals surface area contributed by atoms with Crippen LogP contribution in [0.15, 0.2) is 48.7 Å². The Kier molecular flexibility index (Phi) is 11.1. The van der Waals surface area contributed by atoms with Crippen molar-refractivity contribution in [3.8, 4) is 23.1 Å². The quantitative estimate of drug-likeness (QED) is 0.147. The molecular formula is C30H35ClN6O4. The van der Waals surface area contributed by atoms with Crippen LogP contribution in [0.1, 0.15) is 68.9 Å². The molecule has 0 atom stereocenters. The lowest BCUT2D eigenvalue weighted by Gasteiger charge is -2.29. The summed E-state index contributed by atoms with van der Waals surface area (Å²) >= 11 is 6.10. The molecule has 1 aliphatic carbocycles. The molecule has 3 aromatic rings. The van der Waals surface area contributed by atoms with Gasteiger partial charge in [-0.25, -0.2) is 5.48 Å². The summed E-state index contributed by atoms with van der Waals surface area (Å²) in [7, 11) is 0. The van der Waals surface area contributed by atoms with E-state index in [0.29, 0.717) is 29.2 Å². The minimum atomic E-state index is -0.352. The van der Waals surface area contributed by atoms with Crippen LogP contribution in [0.5, 0.6) is 5.75 Å². The molecule has 41 heavy (non-hydrogen) atoms. The Balaban J connectivity index is 1.15. The van der Waals surface area contributed by atoms with Crippen LogP contribution in [-0.4, -0.2) is 44.2 Å². The van der Waals surface area contributed by atoms with Crippen LogP contribution in [0.2, 0.25) is 5.02 Å². The third kappa shape index (κ3) is 9.30. The molecule has 216 valence electrons. The minimum Gasteiger partial charge on any atom is -0.490 e. The molecule has 1 saturated carbocycles. The maximum atomic E-state index is 12.7. The number of aromatic nitrogens is 3. The number of halogens is 1. The number of hydrogen-bond acceptors (Lipinski definition) is 7. The molecule has 0 bridgehead atoms. The van der Waals surface area contributed by atoms with Crippen LogP contribution >= 0.6 is 11.6 Å². The average Bonchev–Trinajstić information content (AvgIpc) is 3.45. The molecule has 0 aliphatic heterocycles. The predicted octanol–water partition coefficient (Wildman–Crippen LogP) is 4.97. The van der Waals surface area contributed by atoms with E-state index in [-0.39, 0.29) is 24.0 Å². The van der Waals surface area contributed by atoms with E-state index in [1.807, 2.05) is 41.2 Å². The summed E-state index contributed by atoms with van der Waals surface area (Å²) in [6, 6.07) is 15.1. The van der Waals surface area contributed by atoms with Crippen molar-refractivity contribution in [3.63, 3.8) is 0 Å². The van der Waals surface area contributed by atoms with Crippen molar-refractivity contribution < 1.29 is 19.5 Å². The van der Waals surface area contributed by atoms with Crippen LogP contribution < -0.4 is 15.5 Å². The second-order valence-corrected chi connectivity index (χ2v) is 10.8. The Morgan fingerprint density at radius 3 is 2.51 bits per heavy atom. The van der Waals surface area contributed by atoms with Crippen molar-refractivity contribution in [2.45, 2.75) is 82.9 Å². The largest absolute Gasteiger partial charge is 0.490 e. The fraction of sp³-hybridized carbons (Fsp3) is 0.433. The second kappa shape index (κ2) is 15.2. The lowest BCUT2D eigenvalue weighted by Crippen LogP contribution is -2.40. The number of unbranched alkanes of at least 4 members (excludes halogenated alkanes) is 3. The normalized spacial score (nSPS) is 16.5. The number of carbonyl (C=O) groups is 2. The van der Waals surface area contributed by atoms with Gasteiger partial charge in [0.25, 0.3) is 0 Å². The number of nitriles is 1. The van der Waals surface area contributed by atoms with E-state index < -0.39 is 0 Å². The molecule has 1 fully saturated rings. The van der Waals surface area contributed by atoms with Crippen molar-refractivity contribution in [1.29, 1.82) is 5.26 Å². The number of nitrogens with one attached hydrogen (secondary N) is 2. The summed E-state index contributed by atoms with van der Waals surface area (Å²) in [5.41, 5.74) is 4.73. The summed E-state index contributed by atoms with van der Waals surface area (Å²) in [5, 5.41) is 29.5. The van der Waals surface area contributed by atoms with Gasteiger partial charge in [-0.15, -0.1) is 5.10 Å². The summed E-state index contributed by atoms with van der Waals surface area (Å²) in [4.78, 5) is 23.7. The maximum Gasteiger partial charge on any atom is 0.243 e. The van der Waals surface area contributed by atoms with Crippen molar-refractivity contribution >= 4 is 23.4 Å². The Bertz CT molecular complexity index is 1350. The third-order valence-electron chi connectivity index (χ3n) is 7.22. The Labute approximate surface area is 244 Å². The van der Waals surface area contributed by atoms with E-state index >= 15 is 0 Å². The summed E-state index contributed by atoms with van der Waals surface area (Å²) in [6.07, 6.45) is 9.52. The van der Waals surface area contributed by atoms with Gasteiger partial charge in [0.15, 0.2) is 0 Å². The van der Waals surface area contributed by atoms with Gasteiger partial charge in [0.2, 0.25) is 11.8 Å². The number of hydroxylamine groups is 1. The topological polar surface area (TPSA) is 142 Å². The second-order valence-electron chi connectivity index (χ2n) is 10.4. The number of rotatable bonds is 13. The van der Waals surface area contributed by atoms with E-state index in [1.165, 1.54) is 0 Å². The van der Waals surface area contributed by atoms with Crippen molar-refractivity contribution in [1.82, 2.24) is 25.8 Å². The number of benzene rings is 2. The number of amides is 2. The molecule has 1 aromatic heterocycles. The van der Waals surface area contributed by atoms with Gasteiger partial charge in [-0.05, 0) is 56.2 Å². The molecule has 11 heteroatoms. The number of hydrogen-bond donors (Lipinski definition) is 3. The van der Waals surface area contributed by atoms with E-state index in [9.17, 15) is 9.59 Å². The van der Waals surface area contributed by atoms with Crippen LogP contribution in [0.4, 0.5) is 0 Å². The van der Waals surface area contributed by atoms with Crippen LogP contribution in [0.3, 0.4) is 0 Å². The van der Waals surface area contributed by atoms with Gasteiger partial charge in [0, 0.05) is 30.6 Å². The Morgan fingerprint density at radius 2 is 1.80 bits per heavy atom. The first-order valence-electron chi connectivity index (χ1n) is 14.0. The molecule has 0 radical (unpaired) electrons. The first-order chi connectivity index (χ1) is 19.9. The lowest BCUT2D eigenvalue weighted by molar-refractivity contribution is -0.129. The summed E-state index contributed by atoms with van der Waals surface area (Å²) in [6.45, 7) is 0.745. The lowest BCUT2D eigenvalue weighted by atomic mass is 9.92. The highest BCUT2D eigenvalue weighted by Gasteiger charge is 2.24. The molecule has 4 rings (SSSR count). The van der Waals surface area contributed by atoms with Crippen LogP contribution in [0.25, 0.3) is 11.3 Å². The first kappa shape index (κ1) is 30.0. The van der Waals surface area contributed by atoms with Gasteiger partial charge in [0.1, 0.15) is 17.5 Å². The van der Waals surface area contributed by atoms with Gasteiger partial charge in [0.05, 0.1) is 29.3 Å². The molecular weight excluding hydrogens is 544 g/mol. The standard InChI is InChI=1S/C30H35ClN6O4/c31-27-18-26(13-10-23(27)19-32)41-25-14-11-24(12-15-25)33-30(39)17-21-6-8-22(9-7-21)28-20-37(36-34-28)16-4-2-1-3-5-29(38)35-40/h6-10,13,18,20,24-25,40H,1-5,11-12,14-17H2,(H,33,39)(H,35,38). The van der Waals surface area contributed by atoms with E-state index in [2.05, 4.69) is 15.6 Å². The zero-order chi connectivity index (χ0) is 29.0. The van der Waals surface area contributed by atoms with Crippen molar-refractivity contribution in [2.75, 3.05) is 0 Å². The highest BCUT2D eigenvalue weighted by molar-refractivity contribution is 6.31. The molecule has 2 amide bonds. The Morgan fingerprint density at radius 1 is 1.05 bits per heavy atom. The van der Waals surface area contributed by atoms with Crippen LogP contribution in [0, 0.1) is 11.3 Å². The monoisotopic (exact) mass is 578 g/mol. The fourth-order valence-electron chi connectivity index (χ4n) is 4.94.